The van der Waals surface area contributed by atoms with Crippen molar-refractivity contribution in [1.82, 2.24) is 0 Å². The molecule has 0 bridgehead atoms. The Balaban J connectivity index is 2.09. The van der Waals surface area contributed by atoms with E-state index >= 15 is 0 Å². The van der Waals surface area contributed by atoms with Gasteiger partial charge in [-0.1, -0.05) is 42.8 Å². The average Bonchev–Trinajstić information content (AvgIpc) is 2.75. The lowest BCUT2D eigenvalue weighted by Gasteiger charge is -2.01. The summed E-state index contributed by atoms with van der Waals surface area (Å²) >= 11 is 7.30. The molecule has 0 saturated carbocycles. The van der Waals surface area contributed by atoms with Gasteiger partial charge in [0.1, 0.15) is 0 Å². The van der Waals surface area contributed by atoms with Gasteiger partial charge >= 0.3 is 0 Å². The van der Waals surface area contributed by atoms with Crippen LogP contribution in [0, 0.1) is 0 Å². The van der Waals surface area contributed by atoms with Gasteiger partial charge in [0, 0.05) is 16.9 Å². The normalized spacial score (nSPS) is 10.5. The predicted octanol–water partition coefficient (Wildman–Crippen LogP) is 4.39. The molecule has 0 N–H and O–H groups in total. The highest BCUT2D eigenvalue weighted by Gasteiger charge is 2.08. The molecule has 1 nitrogen and oxygen atoms in total. The fourth-order valence-electron chi connectivity index (χ4n) is 1.63. The Morgan fingerprint density at radius 2 is 1.88 bits per heavy atom. The second-order valence-electron chi connectivity index (χ2n) is 3.86. The first-order valence-corrected chi connectivity index (χ1v) is 6.75. The number of carbonyl (C=O) groups excluding carboxylic acids is 1. The number of aryl methyl sites for hydroxylation is 1. The number of carbonyl (C=O) groups is 1. The third-order valence-electron chi connectivity index (χ3n) is 2.65. The zero-order valence-corrected chi connectivity index (χ0v) is 11.1. The number of benzene rings is 1. The second-order valence-corrected chi connectivity index (χ2v) is 5.66. The van der Waals surface area contributed by atoms with Crippen LogP contribution in [-0.2, 0) is 12.8 Å². The van der Waals surface area contributed by atoms with Crippen LogP contribution in [0.5, 0.6) is 0 Å². The van der Waals surface area contributed by atoms with Gasteiger partial charge in [-0.15, -0.1) is 11.3 Å². The summed E-state index contributed by atoms with van der Waals surface area (Å²) in [6, 6.07) is 11.6. The summed E-state index contributed by atoms with van der Waals surface area (Å²) in [5.41, 5.74) is 2.02. The lowest BCUT2D eigenvalue weighted by atomic mass is 10.0. The number of thiophene rings is 1. The van der Waals surface area contributed by atoms with E-state index in [4.69, 9.17) is 11.6 Å². The molecular formula is C14H13ClOS. The van der Waals surface area contributed by atoms with Gasteiger partial charge in [-0.25, -0.2) is 0 Å². The van der Waals surface area contributed by atoms with E-state index in [9.17, 15) is 4.79 Å². The van der Waals surface area contributed by atoms with Crippen LogP contribution in [-0.4, -0.2) is 5.78 Å². The van der Waals surface area contributed by atoms with Crippen LogP contribution in [0.25, 0.3) is 0 Å². The van der Waals surface area contributed by atoms with Gasteiger partial charge in [-0.3, -0.25) is 4.79 Å². The molecule has 3 heteroatoms. The van der Waals surface area contributed by atoms with Crippen LogP contribution >= 0.6 is 22.9 Å². The minimum Gasteiger partial charge on any atom is -0.294 e. The molecule has 2 aromatic rings. The molecule has 0 aliphatic carbocycles. The summed E-state index contributed by atoms with van der Waals surface area (Å²) in [6.07, 6.45) is 1.43. The maximum absolute atomic E-state index is 12.0. The van der Waals surface area contributed by atoms with Crippen LogP contribution in [0.3, 0.4) is 0 Å². The van der Waals surface area contributed by atoms with Crippen molar-refractivity contribution in [2.45, 2.75) is 19.8 Å². The van der Waals surface area contributed by atoms with Gasteiger partial charge in [-0.2, -0.15) is 0 Å². The van der Waals surface area contributed by atoms with Crippen molar-refractivity contribution in [2.75, 3.05) is 0 Å². The number of hydrogen-bond donors (Lipinski definition) is 0. The molecule has 0 spiro atoms. The molecule has 1 aromatic heterocycles. The zero-order valence-electron chi connectivity index (χ0n) is 9.57. The molecule has 0 fully saturated rings. The SMILES string of the molecule is CCc1ccc(C(=O)Cc2ccc(Cl)s2)cc1. The molecule has 0 unspecified atom stereocenters. The Morgan fingerprint density at radius 1 is 1.18 bits per heavy atom. The molecule has 17 heavy (non-hydrogen) atoms. The highest BCUT2D eigenvalue weighted by molar-refractivity contribution is 7.16. The number of rotatable bonds is 4. The third-order valence-corrected chi connectivity index (χ3v) is 3.88. The second kappa shape index (κ2) is 5.48. The molecule has 88 valence electrons. The lowest BCUT2D eigenvalue weighted by Crippen LogP contribution is -2.02. The van der Waals surface area contributed by atoms with E-state index in [1.54, 1.807) is 0 Å². The smallest absolute Gasteiger partial charge is 0.168 e. The lowest BCUT2D eigenvalue weighted by molar-refractivity contribution is 0.0994. The van der Waals surface area contributed by atoms with Crippen LogP contribution < -0.4 is 0 Å². The molecule has 0 aliphatic rings. The highest BCUT2D eigenvalue weighted by atomic mass is 35.5. The summed E-state index contributed by atoms with van der Waals surface area (Å²) in [5, 5.41) is 0. The van der Waals surface area contributed by atoms with Crippen molar-refractivity contribution in [1.29, 1.82) is 0 Å². The fourth-order valence-corrected chi connectivity index (χ4v) is 2.72. The monoisotopic (exact) mass is 264 g/mol. The van der Waals surface area contributed by atoms with E-state index in [-0.39, 0.29) is 5.78 Å². The van der Waals surface area contributed by atoms with E-state index < -0.39 is 0 Å². The highest BCUT2D eigenvalue weighted by Crippen LogP contribution is 2.22. The number of ketones is 1. The van der Waals surface area contributed by atoms with Gasteiger partial charge in [0.05, 0.1) is 4.34 Å². The van der Waals surface area contributed by atoms with Crippen LogP contribution in [0.4, 0.5) is 0 Å². The first-order chi connectivity index (χ1) is 8.19. The topological polar surface area (TPSA) is 17.1 Å². The summed E-state index contributed by atoms with van der Waals surface area (Å²) in [5.74, 6) is 0.145. The molecule has 0 atom stereocenters. The van der Waals surface area contributed by atoms with Crippen LogP contribution in [0.15, 0.2) is 36.4 Å². The minimum absolute atomic E-state index is 0.145. The van der Waals surface area contributed by atoms with Gasteiger partial charge in [-0.05, 0) is 24.1 Å². The average molecular weight is 265 g/mol. The maximum Gasteiger partial charge on any atom is 0.168 e. The first-order valence-electron chi connectivity index (χ1n) is 5.55. The largest absolute Gasteiger partial charge is 0.294 e. The van der Waals surface area contributed by atoms with E-state index in [0.717, 1.165) is 21.2 Å². The molecule has 2 rings (SSSR count). The van der Waals surface area contributed by atoms with Crippen LogP contribution in [0.1, 0.15) is 27.7 Å². The Kier molecular flexibility index (Phi) is 3.97. The predicted molar refractivity (Wildman–Crippen MR) is 73.2 cm³/mol. The van der Waals surface area contributed by atoms with Gasteiger partial charge in [0.25, 0.3) is 0 Å². The molecule has 1 aromatic carbocycles. The molecule has 0 amide bonds. The first kappa shape index (κ1) is 12.3. The molecule has 0 aliphatic heterocycles. The van der Waals surface area contributed by atoms with Gasteiger partial charge in [0.15, 0.2) is 5.78 Å². The standard InChI is InChI=1S/C14H13ClOS/c1-2-10-3-5-11(6-4-10)13(16)9-12-7-8-14(15)17-12/h3-8H,2,9H2,1H3. The van der Waals surface area contributed by atoms with Gasteiger partial charge in [0.2, 0.25) is 0 Å². The fraction of sp³-hybridized carbons (Fsp3) is 0.214. The molecule has 0 radical (unpaired) electrons. The Hall–Kier alpha value is -1.12. The summed E-state index contributed by atoms with van der Waals surface area (Å²) < 4.78 is 0.731. The maximum atomic E-state index is 12.0. The third kappa shape index (κ3) is 3.18. The Labute approximate surface area is 110 Å². The van der Waals surface area contributed by atoms with Crippen molar-refractivity contribution in [2.24, 2.45) is 0 Å². The zero-order chi connectivity index (χ0) is 12.3. The minimum atomic E-state index is 0.145. The van der Waals surface area contributed by atoms with Crippen molar-refractivity contribution in [3.8, 4) is 0 Å². The molecular weight excluding hydrogens is 252 g/mol. The number of hydrogen-bond acceptors (Lipinski definition) is 2. The van der Waals surface area contributed by atoms with Crippen molar-refractivity contribution in [3.05, 3.63) is 56.7 Å². The van der Waals surface area contributed by atoms with E-state index in [2.05, 4.69) is 6.92 Å². The van der Waals surface area contributed by atoms with Crippen molar-refractivity contribution >= 4 is 28.7 Å². The number of halogens is 1. The molecule has 0 saturated heterocycles. The van der Waals surface area contributed by atoms with E-state index in [0.29, 0.717) is 6.42 Å². The summed E-state index contributed by atoms with van der Waals surface area (Å²) in [4.78, 5) is 13.0. The Bertz CT molecular complexity index is 513. The Morgan fingerprint density at radius 3 is 2.41 bits per heavy atom. The number of Topliss-reactive ketones (excluding diaryl/α,β-unsaturated/α-hetero) is 1. The van der Waals surface area contributed by atoms with Crippen molar-refractivity contribution in [3.63, 3.8) is 0 Å². The van der Waals surface area contributed by atoms with E-state index in [1.807, 2.05) is 36.4 Å². The summed E-state index contributed by atoms with van der Waals surface area (Å²) in [6.45, 7) is 2.10. The molecule has 1 heterocycles. The van der Waals surface area contributed by atoms with Crippen LogP contribution in [0.2, 0.25) is 4.34 Å². The van der Waals surface area contributed by atoms with Crippen molar-refractivity contribution < 1.29 is 4.79 Å². The summed E-state index contributed by atoms with van der Waals surface area (Å²) in [7, 11) is 0. The quantitative estimate of drug-likeness (QED) is 0.749. The van der Waals surface area contributed by atoms with E-state index in [1.165, 1.54) is 16.9 Å². The van der Waals surface area contributed by atoms with Gasteiger partial charge < -0.3 is 0 Å².